The largest absolute Gasteiger partial charge is 0.512 e. The van der Waals surface area contributed by atoms with Crippen molar-refractivity contribution in [3.8, 4) is 67.4 Å². The van der Waals surface area contributed by atoms with Crippen LogP contribution in [0.3, 0.4) is 0 Å². The molecule has 11 nitrogen and oxygen atoms in total. The molecule has 0 fully saturated rings. The van der Waals surface area contributed by atoms with Gasteiger partial charge in [-0.25, -0.2) is 0 Å². The number of carbonyl (C=O) groups excluding carboxylic acids is 3. The zero-order valence-electron chi connectivity index (χ0n) is 84.3. The molecular weight excluding hydrogens is 2400 g/mol. The number of aliphatic hydroxyl groups excluding tert-OH is 3. The summed E-state index contributed by atoms with van der Waals surface area (Å²) in [6.07, 6.45) is 8.58. The minimum Gasteiger partial charge on any atom is -0.512 e. The molecular formula is C122H134Ir4N5O6-5. The second kappa shape index (κ2) is 55.5. The Labute approximate surface area is 871 Å². The van der Waals surface area contributed by atoms with Gasteiger partial charge in [0.25, 0.3) is 0 Å². The number of carbonyl (C=O) groups is 3. The van der Waals surface area contributed by atoms with Gasteiger partial charge in [0.05, 0.1) is 22.1 Å². The number of hydrogen-bond acceptors (Lipinski definition) is 11. The minimum atomic E-state index is -0.417. The van der Waals surface area contributed by atoms with Crippen LogP contribution in [-0.4, -0.2) is 57.6 Å². The van der Waals surface area contributed by atoms with Crippen LogP contribution in [0.15, 0.2) is 303 Å². The quantitative estimate of drug-likeness (QED) is 0.0536. The van der Waals surface area contributed by atoms with Gasteiger partial charge in [-0.15, -0.1) is 176 Å². The van der Waals surface area contributed by atoms with E-state index in [1.54, 1.807) is 12.1 Å². The van der Waals surface area contributed by atoms with Gasteiger partial charge in [-0.3, -0.25) is 29.3 Å². The first-order chi connectivity index (χ1) is 62.7. The molecule has 0 aliphatic heterocycles. The molecule has 137 heavy (non-hydrogen) atoms. The van der Waals surface area contributed by atoms with Crippen molar-refractivity contribution in [2.24, 2.45) is 33.5 Å². The molecule has 15 rings (SSSR count). The summed E-state index contributed by atoms with van der Waals surface area (Å²) in [5.41, 5.74) is 27.9. The van der Waals surface area contributed by atoms with E-state index in [1.807, 2.05) is 205 Å². The normalized spacial score (nSPS) is 11.3. The number of benzene rings is 10. The van der Waals surface area contributed by atoms with Crippen molar-refractivity contribution in [3.05, 3.63) is 394 Å². The summed E-state index contributed by atoms with van der Waals surface area (Å²) in [7, 11) is 0. The fourth-order valence-corrected chi connectivity index (χ4v) is 14.2. The minimum absolute atomic E-state index is 0. The molecule has 0 atom stereocenters. The predicted molar refractivity (Wildman–Crippen MR) is 557 cm³/mol. The van der Waals surface area contributed by atoms with Crippen LogP contribution in [0, 0.1) is 119 Å². The average molecular weight is 2540 g/mol. The number of ketones is 3. The molecule has 0 bridgehead atoms. The van der Waals surface area contributed by atoms with Gasteiger partial charge in [0.15, 0.2) is 17.3 Å². The molecule has 15 aromatic rings. The average Bonchev–Trinajstić information content (AvgIpc) is 0.796. The second-order valence-electron chi connectivity index (χ2n) is 38.9. The molecule has 0 amide bonds. The molecule has 5 heterocycles. The molecule has 0 saturated carbocycles. The predicted octanol–water partition coefficient (Wildman–Crippen LogP) is 31.5. The van der Waals surface area contributed by atoms with Crippen molar-refractivity contribution < 1.29 is 110 Å². The maximum Gasteiger partial charge on any atom is 0.164 e. The Morgan fingerprint density at radius 3 is 1.25 bits per heavy atom. The number of hydrogen-bond donors (Lipinski definition) is 3. The Hall–Kier alpha value is -11.0. The van der Waals surface area contributed by atoms with E-state index in [9.17, 15) is 29.7 Å². The third-order valence-corrected chi connectivity index (χ3v) is 21.2. The molecule has 0 spiro atoms. The molecule has 0 aliphatic rings. The smallest absolute Gasteiger partial charge is 0.164 e. The fourth-order valence-electron chi connectivity index (χ4n) is 14.2. The number of para-hydroxylation sites is 2. The topological polar surface area (TPSA) is 176 Å². The van der Waals surface area contributed by atoms with Crippen molar-refractivity contribution >= 4 is 55.6 Å². The van der Waals surface area contributed by atoms with Crippen molar-refractivity contribution in [1.29, 1.82) is 0 Å². The number of aromatic nitrogens is 5. The second-order valence-corrected chi connectivity index (χ2v) is 38.9. The molecule has 15 heteroatoms. The fraction of sp³-hybridized carbons (Fsp3) is 0.279. The van der Waals surface area contributed by atoms with E-state index in [0.717, 1.165) is 108 Å². The van der Waals surface area contributed by atoms with Crippen LogP contribution in [-0.2, 0) is 108 Å². The third kappa shape index (κ3) is 38.0. The van der Waals surface area contributed by atoms with Gasteiger partial charge >= 0.3 is 0 Å². The van der Waals surface area contributed by atoms with E-state index in [2.05, 4.69) is 263 Å². The van der Waals surface area contributed by atoms with E-state index < -0.39 is 10.8 Å². The monoisotopic (exact) mass is 2540 g/mol. The molecule has 0 saturated heterocycles. The number of allylic oxidation sites excluding steroid dienone is 6. The van der Waals surface area contributed by atoms with Crippen LogP contribution in [0.2, 0.25) is 0 Å². The Balaban J connectivity index is 0.000000329. The summed E-state index contributed by atoms with van der Waals surface area (Å²) in [6.45, 7) is 51.0. The third-order valence-electron chi connectivity index (χ3n) is 21.2. The number of Topliss-reactive ketones (excluding diaryl/α,β-unsaturated/α-hetero) is 1. The SMILES string of the molecule is CC(=O)/C(=C(/C)O)c1ccccc1.CC(C)(C)C(=O)C=C(O)C(C)(C)C.CC(C)(C)C(=O)C=C(O)C(C)(C)C.Cc1[c-]c(-c2cc(CC(C)C)c3ccccc3n2)cc(C)c1.Cc1[c-]c(-c2ccc3c(CC(C)C)cccc3n2)cc(C)c1.Cc1[c-]c(-c2ccc3ccccc3n2)cc(C)c1.Cc1cc(-c2[c-]cccc2)ncc1-c1ccccc1.Cc1cccnc1-c1[c-]cccc1.[Ir].[Ir].[Ir].[Ir]. The summed E-state index contributed by atoms with van der Waals surface area (Å²) in [5, 5.41) is 32.1. The van der Waals surface area contributed by atoms with Crippen LogP contribution in [0.4, 0.5) is 0 Å². The Bertz CT molecular complexity index is 6390. The zero-order valence-corrected chi connectivity index (χ0v) is 93.9. The Kier molecular flexibility index (Phi) is 47.9. The van der Waals surface area contributed by atoms with Gasteiger partial charge in [-0.2, -0.15) is 0 Å². The molecule has 5 aromatic heterocycles. The van der Waals surface area contributed by atoms with Crippen molar-refractivity contribution in [2.75, 3.05) is 0 Å². The first-order valence-corrected chi connectivity index (χ1v) is 45.6. The molecule has 724 valence electrons. The van der Waals surface area contributed by atoms with Crippen molar-refractivity contribution in [1.82, 2.24) is 24.9 Å². The van der Waals surface area contributed by atoms with Gasteiger partial charge in [-0.05, 0) is 138 Å². The maximum absolute atomic E-state index is 11.5. The van der Waals surface area contributed by atoms with E-state index in [1.165, 1.54) is 92.2 Å². The number of rotatable bonds is 14. The zero-order chi connectivity index (χ0) is 97.7. The van der Waals surface area contributed by atoms with Gasteiger partial charge in [0, 0.05) is 143 Å². The number of pyridine rings is 5. The maximum atomic E-state index is 11.5. The van der Waals surface area contributed by atoms with E-state index >= 15 is 0 Å². The van der Waals surface area contributed by atoms with Gasteiger partial charge < -0.3 is 25.3 Å². The summed E-state index contributed by atoms with van der Waals surface area (Å²) in [4.78, 5) is 57.4. The Morgan fingerprint density at radius 1 is 0.372 bits per heavy atom. The Morgan fingerprint density at radius 2 is 0.796 bits per heavy atom. The first-order valence-electron chi connectivity index (χ1n) is 45.6. The molecule has 10 aromatic carbocycles. The van der Waals surface area contributed by atoms with Crippen molar-refractivity contribution in [3.63, 3.8) is 0 Å². The van der Waals surface area contributed by atoms with Crippen molar-refractivity contribution in [2.45, 2.75) is 193 Å². The van der Waals surface area contributed by atoms with Gasteiger partial charge in [0.1, 0.15) is 17.3 Å². The number of nitrogens with zero attached hydrogens (tertiary/aromatic N) is 5. The van der Waals surface area contributed by atoms with Crippen LogP contribution < -0.4 is 0 Å². The summed E-state index contributed by atoms with van der Waals surface area (Å²) < 4.78 is 0. The van der Waals surface area contributed by atoms with E-state index in [-0.39, 0.29) is 126 Å². The summed E-state index contributed by atoms with van der Waals surface area (Å²) in [5.74, 6) is 1.43. The van der Waals surface area contributed by atoms with Gasteiger partial charge in [0.2, 0.25) is 0 Å². The number of fused-ring (bicyclic) bond motifs is 3. The molecule has 0 aliphatic carbocycles. The van der Waals surface area contributed by atoms with E-state index in [0.29, 0.717) is 17.4 Å². The van der Waals surface area contributed by atoms with E-state index in [4.69, 9.17) is 15.0 Å². The molecule has 0 unspecified atom stereocenters. The first kappa shape index (κ1) is 118. The standard InChI is InChI=1S/2C21H22N.C18H14N.C17H14N.C12H10N.C11H12O2.2C11H20O2.4Ir/c1-14(2)10-17-6-5-7-21-19(17)8-9-20(22-21)18-12-15(3)11-16(4)13-18;1-14(2)9-17-13-21(18-11-15(3)10-16(4)12-18)22-20-8-6-5-7-19(17)20;1-14-12-18(16-10-6-3-7-11-16)19-13-17(14)15-8-4-2-5-9-15;1-12-9-13(2)11-15(10-12)17-8-7-14-5-3-4-6-16(14)18-17;1-10-6-5-9-13-12(10)11-7-3-2-4-8-11;1-8(12)11(9(2)13)10-6-4-3-5-7-10;2*1-10(2,3)8(12)7-9(13)11(4,5)6;;;;/h5-9,11-12,14H,10H2,1-4H3;5-8,10-11,13-14H,9H2,1-4H3;2-10,12-13H,1H3;3-10H,1-2H3;2-7,9H,1H3;3-7,12H,1-2H3;2*7,12H,1-6H3;;;;/q5*-1;;;;;;;/b;;;;;11-8+;;;;;;. The van der Waals surface area contributed by atoms with Gasteiger partial charge in [-0.1, -0.05) is 310 Å². The van der Waals surface area contributed by atoms with Crippen LogP contribution in [0.5, 0.6) is 0 Å². The van der Waals surface area contributed by atoms with Crippen LogP contribution in [0.25, 0.3) is 106 Å². The molecule has 3 N–H and O–H groups in total. The summed E-state index contributed by atoms with van der Waals surface area (Å²) in [6, 6.07) is 105. The van der Waals surface area contributed by atoms with Crippen LogP contribution >= 0.6 is 0 Å². The number of aliphatic hydroxyl groups is 3. The van der Waals surface area contributed by atoms with Crippen LogP contribution in [0.1, 0.15) is 186 Å². The molecule has 4 radical (unpaired) electrons. The number of aryl methyl sites for hydroxylation is 8. The summed E-state index contributed by atoms with van der Waals surface area (Å²) >= 11 is 0.